The summed E-state index contributed by atoms with van der Waals surface area (Å²) in [6.45, 7) is 0.359. The normalized spacial score (nSPS) is 12.1. The third kappa shape index (κ3) is 7.13. The number of fused-ring (bicyclic) bond motifs is 4. The first-order chi connectivity index (χ1) is 23.8. The van der Waals surface area contributed by atoms with Crippen LogP contribution >= 0.6 is 81.0 Å². The van der Waals surface area contributed by atoms with E-state index < -0.39 is 0 Å². The molecule has 0 spiro atoms. The number of nitrogen functional groups attached to an aromatic ring is 1. The SMILES string of the molecule is CSc1nc2ncc(C#N)c(Cl)c2s1.CSc1nc2ncc(C#N)c(Nc3c(Cl)ccc4c3OCO4)c2s1.Nc1c(Cl)ccc2c1OCO2. The molecule has 0 bridgehead atoms. The molecular weight excluding hydrogens is 771 g/mol. The lowest BCUT2D eigenvalue weighted by molar-refractivity contribution is 0.174. The largest absolute Gasteiger partial charge is 0.454 e. The van der Waals surface area contributed by atoms with Crippen LogP contribution in [0.4, 0.5) is 17.1 Å². The minimum atomic E-state index is 0.137. The summed E-state index contributed by atoms with van der Waals surface area (Å²) in [4.78, 5) is 17.0. The number of rotatable bonds is 4. The lowest BCUT2D eigenvalue weighted by atomic mass is 10.2. The standard InChI is InChI=1S/C15H9ClN4O2S2.C8H4ClN3S2.C7H6ClNO2/c1-23-15-20-14-13(24-15)10(7(4-17)5-18-14)19-11-8(16)2-3-9-12(11)22-6-21-9;1-13-8-12-7-6(14-8)5(9)4(2-10)3-11-7;8-4-1-2-5-7(6(4)9)11-3-10-5/h2-3,5H,6H2,1H3,(H,18,19);3H,1H3;1-2H,3,9H2. The van der Waals surface area contributed by atoms with Crippen molar-refractivity contribution in [2.75, 3.05) is 37.1 Å². The Labute approximate surface area is 310 Å². The number of hydrogen-bond acceptors (Lipinski definition) is 16. The van der Waals surface area contributed by atoms with Crippen molar-refractivity contribution < 1.29 is 18.9 Å². The number of nitrogens with one attached hydrogen (secondary N) is 1. The molecule has 0 amide bonds. The van der Waals surface area contributed by atoms with Crippen molar-refractivity contribution in [3.8, 4) is 35.1 Å². The molecule has 0 unspecified atom stereocenters. The van der Waals surface area contributed by atoms with Gasteiger partial charge in [0.05, 0.1) is 47.0 Å². The molecule has 0 saturated heterocycles. The van der Waals surface area contributed by atoms with E-state index in [2.05, 4.69) is 31.3 Å². The molecule has 12 nitrogen and oxygen atoms in total. The van der Waals surface area contributed by atoms with Crippen LogP contribution in [0.5, 0.6) is 23.0 Å². The van der Waals surface area contributed by atoms with Gasteiger partial charge in [0.25, 0.3) is 0 Å². The molecule has 8 rings (SSSR count). The summed E-state index contributed by atoms with van der Waals surface area (Å²) < 4.78 is 24.4. The molecule has 0 aliphatic carbocycles. The van der Waals surface area contributed by atoms with Crippen LogP contribution < -0.4 is 30.0 Å². The van der Waals surface area contributed by atoms with Gasteiger partial charge in [-0.05, 0) is 36.8 Å². The van der Waals surface area contributed by atoms with Crippen LogP contribution in [0.2, 0.25) is 15.1 Å². The number of nitrogens with two attached hydrogens (primary N) is 1. The Bertz CT molecular complexity index is 2310. The average Bonchev–Trinajstić information content (AvgIpc) is 3.94. The van der Waals surface area contributed by atoms with Crippen molar-refractivity contribution >= 4 is 119 Å². The lowest BCUT2D eigenvalue weighted by Crippen LogP contribution is -1.98. The third-order valence-electron chi connectivity index (χ3n) is 6.60. The molecule has 2 aliphatic heterocycles. The maximum atomic E-state index is 9.44. The van der Waals surface area contributed by atoms with Crippen molar-refractivity contribution in [3.05, 3.63) is 62.9 Å². The number of thioether (sulfide) groups is 2. The zero-order chi connectivity index (χ0) is 34.7. The number of anilines is 3. The average molecular weight is 790 g/mol. The van der Waals surface area contributed by atoms with Gasteiger partial charge < -0.3 is 30.0 Å². The highest BCUT2D eigenvalue weighted by molar-refractivity contribution is 8.00. The van der Waals surface area contributed by atoms with Gasteiger partial charge in [-0.3, -0.25) is 0 Å². The monoisotopic (exact) mass is 788 g/mol. The molecule has 0 saturated carbocycles. The Kier molecular flexibility index (Phi) is 10.8. The van der Waals surface area contributed by atoms with Gasteiger partial charge in [0.2, 0.25) is 13.6 Å². The van der Waals surface area contributed by atoms with Gasteiger partial charge in [-0.15, -0.1) is 22.7 Å². The Balaban J connectivity index is 0.000000141. The van der Waals surface area contributed by atoms with Crippen LogP contribution in [-0.4, -0.2) is 46.0 Å². The van der Waals surface area contributed by atoms with E-state index in [0.29, 0.717) is 77.5 Å². The number of nitrogens with zero attached hydrogens (tertiary/aromatic N) is 6. The molecule has 0 atom stereocenters. The van der Waals surface area contributed by atoms with Crippen LogP contribution in [0.15, 0.2) is 45.3 Å². The maximum Gasteiger partial charge on any atom is 0.231 e. The van der Waals surface area contributed by atoms with Crippen molar-refractivity contribution in [3.63, 3.8) is 0 Å². The summed E-state index contributed by atoms with van der Waals surface area (Å²) in [5.41, 5.74) is 9.24. The van der Waals surface area contributed by atoms with Crippen molar-refractivity contribution in [2.45, 2.75) is 8.68 Å². The van der Waals surface area contributed by atoms with Gasteiger partial charge in [0.1, 0.15) is 17.8 Å². The number of ether oxygens (including phenoxy) is 4. The van der Waals surface area contributed by atoms with Gasteiger partial charge in [0.15, 0.2) is 43.0 Å². The van der Waals surface area contributed by atoms with Crippen molar-refractivity contribution in [1.29, 1.82) is 10.5 Å². The van der Waals surface area contributed by atoms with Crippen LogP contribution in [0, 0.1) is 22.7 Å². The molecular formula is C30H19Cl3N8O4S4. The molecule has 19 heteroatoms. The number of aromatic nitrogens is 4. The van der Waals surface area contributed by atoms with Gasteiger partial charge in [0, 0.05) is 12.4 Å². The predicted octanol–water partition coefficient (Wildman–Crippen LogP) is 9.00. The molecule has 248 valence electrons. The molecule has 0 radical (unpaired) electrons. The Hall–Kier alpha value is -4.13. The zero-order valence-corrected chi connectivity index (χ0v) is 30.6. The van der Waals surface area contributed by atoms with Gasteiger partial charge >= 0.3 is 0 Å². The summed E-state index contributed by atoms with van der Waals surface area (Å²) in [6.07, 6.45) is 6.84. The Morgan fingerprint density at radius 1 is 0.755 bits per heavy atom. The number of halogens is 3. The number of hydrogen-bond donors (Lipinski definition) is 2. The highest BCUT2D eigenvalue weighted by Gasteiger charge is 2.23. The van der Waals surface area contributed by atoms with E-state index >= 15 is 0 Å². The quantitative estimate of drug-likeness (QED) is 0.128. The zero-order valence-electron chi connectivity index (χ0n) is 25.0. The molecule has 49 heavy (non-hydrogen) atoms. The number of benzene rings is 2. The summed E-state index contributed by atoms with van der Waals surface area (Å²) in [6, 6.07) is 11.0. The molecule has 4 aromatic heterocycles. The first kappa shape index (κ1) is 34.7. The van der Waals surface area contributed by atoms with E-state index in [1.165, 1.54) is 46.8 Å². The smallest absolute Gasteiger partial charge is 0.231 e. The first-order valence-electron chi connectivity index (χ1n) is 13.6. The van der Waals surface area contributed by atoms with E-state index in [0.717, 1.165) is 18.1 Å². The topological polar surface area (TPSA) is 174 Å². The Morgan fingerprint density at radius 2 is 1.31 bits per heavy atom. The summed E-state index contributed by atoms with van der Waals surface area (Å²) in [5.74, 6) is 2.36. The van der Waals surface area contributed by atoms with Crippen LogP contribution in [0.3, 0.4) is 0 Å². The molecule has 0 fully saturated rings. The van der Waals surface area contributed by atoms with Crippen LogP contribution in [0.25, 0.3) is 20.7 Å². The van der Waals surface area contributed by atoms with Crippen LogP contribution in [-0.2, 0) is 0 Å². The lowest BCUT2D eigenvalue weighted by Gasteiger charge is -2.12. The second-order valence-electron chi connectivity index (χ2n) is 9.41. The van der Waals surface area contributed by atoms with E-state index in [1.807, 2.05) is 18.6 Å². The van der Waals surface area contributed by atoms with Gasteiger partial charge in [-0.1, -0.05) is 58.3 Å². The van der Waals surface area contributed by atoms with Crippen LogP contribution in [0.1, 0.15) is 11.1 Å². The van der Waals surface area contributed by atoms with Crippen molar-refractivity contribution in [2.24, 2.45) is 0 Å². The first-order valence-corrected chi connectivity index (χ1v) is 18.8. The van der Waals surface area contributed by atoms with Gasteiger partial charge in [-0.25, -0.2) is 19.9 Å². The number of nitriles is 2. The number of pyridine rings is 2. The molecule has 6 heterocycles. The fraction of sp³-hybridized carbons (Fsp3) is 0.133. The van der Waals surface area contributed by atoms with E-state index in [1.54, 1.807) is 36.0 Å². The molecule has 3 N–H and O–H groups in total. The fourth-order valence-corrected chi connectivity index (χ4v) is 7.92. The second kappa shape index (κ2) is 15.2. The fourth-order valence-electron chi connectivity index (χ4n) is 4.31. The molecule has 6 aromatic rings. The highest BCUT2D eigenvalue weighted by atomic mass is 35.5. The van der Waals surface area contributed by atoms with E-state index in [9.17, 15) is 5.26 Å². The minimum Gasteiger partial charge on any atom is -0.454 e. The predicted molar refractivity (Wildman–Crippen MR) is 196 cm³/mol. The summed E-state index contributed by atoms with van der Waals surface area (Å²) in [5, 5.41) is 22.8. The summed E-state index contributed by atoms with van der Waals surface area (Å²) in [7, 11) is 0. The number of thiazole rings is 2. The van der Waals surface area contributed by atoms with E-state index in [4.69, 9.17) is 64.7 Å². The maximum absolute atomic E-state index is 9.44. The highest BCUT2D eigenvalue weighted by Crippen LogP contribution is 2.46. The minimum absolute atomic E-state index is 0.137. The summed E-state index contributed by atoms with van der Waals surface area (Å²) >= 11 is 24.1. The molecule has 2 aromatic carbocycles. The van der Waals surface area contributed by atoms with E-state index in [-0.39, 0.29) is 13.6 Å². The van der Waals surface area contributed by atoms with Gasteiger partial charge in [-0.2, -0.15) is 10.5 Å². The second-order valence-corrected chi connectivity index (χ2v) is 14.7. The Morgan fingerprint density at radius 3 is 1.94 bits per heavy atom. The third-order valence-corrected chi connectivity index (χ3v) is 11.8. The molecule has 2 aliphatic rings. The van der Waals surface area contributed by atoms with Crippen molar-refractivity contribution in [1.82, 2.24) is 19.9 Å².